The van der Waals surface area contributed by atoms with E-state index in [0.717, 1.165) is 16.8 Å². The number of halogens is 1. The van der Waals surface area contributed by atoms with Gasteiger partial charge in [-0.05, 0) is 55.8 Å². The van der Waals surface area contributed by atoms with Crippen molar-refractivity contribution in [3.8, 4) is 17.1 Å². The van der Waals surface area contributed by atoms with E-state index in [1.165, 1.54) is 11.8 Å². The number of thioether (sulfide) groups is 1. The summed E-state index contributed by atoms with van der Waals surface area (Å²) in [6.45, 7) is 4.55. The molecule has 0 bridgehead atoms. The number of nitrogens with one attached hydrogen (secondary N) is 1. The third kappa shape index (κ3) is 4.26. The van der Waals surface area contributed by atoms with E-state index in [2.05, 4.69) is 21.6 Å². The Hall–Kier alpha value is -2.31. The molecule has 134 valence electrons. The molecule has 0 fully saturated rings. The first-order chi connectivity index (χ1) is 12.6. The van der Waals surface area contributed by atoms with Crippen molar-refractivity contribution in [2.24, 2.45) is 0 Å². The lowest BCUT2D eigenvalue weighted by atomic mass is 10.2. The molecule has 7 heteroatoms. The Bertz CT molecular complexity index is 908. The lowest BCUT2D eigenvalue weighted by Crippen LogP contribution is -2.24. The van der Waals surface area contributed by atoms with E-state index in [0.29, 0.717) is 28.3 Å². The van der Waals surface area contributed by atoms with Crippen LogP contribution in [0.5, 0.6) is 0 Å². The predicted octanol–water partition coefficient (Wildman–Crippen LogP) is 4.12. The quantitative estimate of drug-likeness (QED) is 0.647. The van der Waals surface area contributed by atoms with E-state index >= 15 is 0 Å². The van der Waals surface area contributed by atoms with Crippen molar-refractivity contribution < 1.29 is 4.79 Å². The summed E-state index contributed by atoms with van der Waals surface area (Å²) in [6.07, 6.45) is 0. The van der Waals surface area contributed by atoms with Crippen molar-refractivity contribution in [1.82, 2.24) is 20.1 Å². The molecule has 1 N–H and O–H groups in total. The molecule has 0 aliphatic rings. The Morgan fingerprint density at radius 1 is 1.19 bits per heavy atom. The average Bonchev–Trinajstić information content (AvgIpc) is 3.05. The molecular formula is C19H19ClN4OS. The molecular weight excluding hydrogens is 368 g/mol. The van der Waals surface area contributed by atoms with Gasteiger partial charge in [0.05, 0.1) is 5.75 Å². The Kier molecular flexibility index (Phi) is 5.96. The van der Waals surface area contributed by atoms with Crippen molar-refractivity contribution in [1.29, 1.82) is 0 Å². The number of carbonyl (C=O) groups excluding carboxylic acids is 1. The zero-order valence-electron chi connectivity index (χ0n) is 14.6. The smallest absolute Gasteiger partial charge is 0.230 e. The van der Waals surface area contributed by atoms with Gasteiger partial charge in [-0.25, -0.2) is 0 Å². The van der Waals surface area contributed by atoms with Crippen molar-refractivity contribution >= 4 is 29.3 Å². The Morgan fingerprint density at radius 2 is 1.96 bits per heavy atom. The van der Waals surface area contributed by atoms with Crippen molar-refractivity contribution in [2.45, 2.75) is 19.0 Å². The standard InChI is InChI=1S/C19H19ClN4OS/c1-3-21-17(25)12-26-19-23-22-18(14-7-9-15(20)10-8-14)24(19)16-6-4-5-13(2)11-16/h4-11H,3,12H2,1-2H3,(H,21,25). The summed E-state index contributed by atoms with van der Waals surface area (Å²) in [5.74, 6) is 0.980. The fraction of sp³-hybridized carbons (Fsp3) is 0.211. The van der Waals surface area contributed by atoms with Crippen molar-refractivity contribution in [2.75, 3.05) is 12.3 Å². The summed E-state index contributed by atoms with van der Waals surface area (Å²) in [5.41, 5.74) is 3.00. The van der Waals surface area contributed by atoms with Gasteiger partial charge in [0, 0.05) is 22.8 Å². The van der Waals surface area contributed by atoms with Crippen LogP contribution in [-0.4, -0.2) is 33.0 Å². The van der Waals surface area contributed by atoms with Gasteiger partial charge in [-0.15, -0.1) is 10.2 Å². The van der Waals surface area contributed by atoms with Crippen LogP contribution in [0.3, 0.4) is 0 Å². The maximum absolute atomic E-state index is 11.8. The molecule has 2 aromatic carbocycles. The number of amides is 1. The number of benzene rings is 2. The fourth-order valence-electron chi connectivity index (χ4n) is 2.53. The third-order valence-electron chi connectivity index (χ3n) is 3.70. The van der Waals surface area contributed by atoms with Gasteiger partial charge in [-0.1, -0.05) is 35.5 Å². The van der Waals surface area contributed by atoms with Crippen LogP contribution in [0.2, 0.25) is 5.02 Å². The van der Waals surface area contributed by atoms with Crippen LogP contribution >= 0.6 is 23.4 Å². The Balaban J connectivity index is 2.02. The highest BCUT2D eigenvalue weighted by atomic mass is 35.5. The summed E-state index contributed by atoms with van der Waals surface area (Å²) < 4.78 is 1.97. The van der Waals surface area contributed by atoms with E-state index in [1.807, 2.05) is 60.9 Å². The molecule has 1 aromatic heterocycles. The summed E-state index contributed by atoms with van der Waals surface area (Å²) in [6, 6.07) is 15.6. The highest BCUT2D eigenvalue weighted by Crippen LogP contribution is 2.29. The normalized spacial score (nSPS) is 10.7. The van der Waals surface area contributed by atoms with Crippen molar-refractivity contribution in [3.05, 3.63) is 59.1 Å². The average molecular weight is 387 g/mol. The van der Waals surface area contributed by atoms with Gasteiger partial charge in [-0.3, -0.25) is 9.36 Å². The number of aromatic nitrogens is 3. The topological polar surface area (TPSA) is 59.8 Å². The second-order valence-electron chi connectivity index (χ2n) is 5.73. The van der Waals surface area contributed by atoms with Crippen LogP contribution in [0.25, 0.3) is 17.1 Å². The molecule has 0 spiro atoms. The predicted molar refractivity (Wildman–Crippen MR) is 106 cm³/mol. The van der Waals surface area contributed by atoms with Gasteiger partial charge in [-0.2, -0.15) is 0 Å². The van der Waals surface area contributed by atoms with Crippen LogP contribution in [-0.2, 0) is 4.79 Å². The highest BCUT2D eigenvalue weighted by Gasteiger charge is 2.17. The van der Waals surface area contributed by atoms with E-state index in [9.17, 15) is 4.79 Å². The molecule has 0 aliphatic carbocycles. The number of hydrogen-bond acceptors (Lipinski definition) is 4. The maximum Gasteiger partial charge on any atom is 0.230 e. The van der Waals surface area contributed by atoms with Crippen LogP contribution in [0.4, 0.5) is 0 Å². The van der Waals surface area contributed by atoms with Gasteiger partial charge in [0.15, 0.2) is 11.0 Å². The molecule has 1 amide bonds. The minimum absolute atomic E-state index is 0.0238. The first-order valence-electron chi connectivity index (χ1n) is 8.26. The minimum atomic E-state index is -0.0238. The molecule has 0 aliphatic heterocycles. The van der Waals surface area contributed by atoms with Crippen molar-refractivity contribution in [3.63, 3.8) is 0 Å². The Labute approximate surface area is 161 Å². The molecule has 0 saturated carbocycles. The Morgan fingerprint density at radius 3 is 2.65 bits per heavy atom. The van der Waals surface area contributed by atoms with Crippen LogP contribution in [0, 0.1) is 6.92 Å². The molecule has 0 saturated heterocycles. The number of carbonyl (C=O) groups is 1. The molecule has 1 heterocycles. The first kappa shape index (κ1) is 18.5. The molecule has 0 atom stereocenters. The fourth-order valence-corrected chi connectivity index (χ4v) is 3.44. The number of aryl methyl sites for hydroxylation is 1. The monoisotopic (exact) mass is 386 g/mol. The van der Waals surface area contributed by atoms with Gasteiger partial charge >= 0.3 is 0 Å². The summed E-state index contributed by atoms with van der Waals surface area (Å²) >= 11 is 7.37. The maximum atomic E-state index is 11.8. The summed E-state index contributed by atoms with van der Waals surface area (Å²) in [7, 11) is 0. The first-order valence-corrected chi connectivity index (χ1v) is 9.62. The zero-order chi connectivity index (χ0) is 18.5. The lowest BCUT2D eigenvalue weighted by molar-refractivity contribution is -0.118. The second-order valence-corrected chi connectivity index (χ2v) is 7.11. The molecule has 3 rings (SSSR count). The van der Waals surface area contributed by atoms with E-state index in [4.69, 9.17) is 11.6 Å². The number of hydrogen-bond donors (Lipinski definition) is 1. The highest BCUT2D eigenvalue weighted by molar-refractivity contribution is 7.99. The molecule has 0 unspecified atom stereocenters. The molecule has 3 aromatic rings. The van der Waals surface area contributed by atoms with Crippen LogP contribution < -0.4 is 5.32 Å². The zero-order valence-corrected chi connectivity index (χ0v) is 16.1. The van der Waals surface area contributed by atoms with E-state index in [1.54, 1.807) is 0 Å². The summed E-state index contributed by atoms with van der Waals surface area (Å²) in [5, 5.41) is 12.8. The third-order valence-corrected chi connectivity index (χ3v) is 4.88. The molecule has 5 nitrogen and oxygen atoms in total. The van der Waals surface area contributed by atoms with Gasteiger partial charge in [0.1, 0.15) is 0 Å². The van der Waals surface area contributed by atoms with Crippen LogP contribution in [0.1, 0.15) is 12.5 Å². The number of nitrogens with zero attached hydrogens (tertiary/aromatic N) is 3. The molecule has 0 radical (unpaired) electrons. The summed E-state index contributed by atoms with van der Waals surface area (Å²) in [4.78, 5) is 11.8. The molecule has 26 heavy (non-hydrogen) atoms. The second kappa shape index (κ2) is 8.38. The van der Waals surface area contributed by atoms with Gasteiger partial charge < -0.3 is 5.32 Å². The number of rotatable bonds is 6. The van der Waals surface area contributed by atoms with Crippen LogP contribution in [0.15, 0.2) is 53.7 Å². The van der Waals surface area contributed by atoms with Gasteiger partial charge in [0.2, 0.25) is 5.91 Å². The SMILES string of the molecule is CCNC(=O)CSc1nnc(-c2ccc(Cl)cc2)n1-c1cccc(C)c1. The lowest BCUT2D eigenvalue weighted by Gasteiger charge is -2.11. The van der Waals surface area contributed by atoms with E-state index < -0.39 is 0 Å². The largest absolute Gasteiger partial charge is 0.356 e. The van der Waals surface area contributed by atoms with E-state index in [-0.39, 0.29) is 5.91 Å². The van der Waals surface area contributed by atoms with Gasteiger partial charge in [0.25, 0.3) is 0 Å². The minimum Gasteiger partial charge on any atom is -0.356 e.